The van der Waals surface area contributed by atoms with E-state index in [4.69, 9.17) is 29.6 Å². The number of likely N-dealkylation sites (N-methyl/N-ethyl adjacent to an activating group) is 1. The van der Waals surface area contributed by atoms with E-state index < -0.39 is 15.6 Å². The molecule has 0 aliphatic carbocycles. The quantitative estimate of drug-likeness (QED) is 0.764. The molecule has 0 spiro atoms. The standard InChI is InChI=1S/C13H19ClN2O3S2/c1-4-16(8-13(2,3)17)21(18,19)9-5-6-10(12(15)20)11(14)7-9/h5-7,17H,4,8H2,1-3H3,(H2,15,20). The summed E-state index contributed by atoms with van der Waals surface area (Å²) in [6.45, 7) is 5.03. The molecule has 0 amide bonds. The Labute approximate surface area is 135 Å². The van der Waals surface area contributed by atoms with Crippen LogP contribution in [0, 0.1) is 0 Å². The van der Waals surface area contributed by atoms with E-state index in [1.54, 1.807) is 20.8 Å². The van der Waals surface area contributed by atoms with Crippen LogP contribution in [0.4, 0.5) is 0 Å². The lowest BCUT2D eigenvalue weighted by molar-refractivity contribution is 0.0601. The van der Waals surface area contributed by atoms with Gasteiger partial charge in [-0.2, -0.15) is 4.31 Å². The highest BCUT2D eigenvalue weighted by Crippen LogP contribution is 2.24. The van der Waals surface area contributed by atoms with Gasteiger partial charge in [-0.1, -0.05) is 30.7 Å². The van der Waals surface area contributed by atoms with E-state index in [1.165, 1.54) is 22.5 Å². The number of nitrogens with zero attached hydrogens (tertiary/aromatic N) is 1. The predicted octanol–water partition coefficient (Wildman–Crippen LogP) is 1.76. The number of hydrogen-bond acceptors (Lipinski definition) is 4. The van der Waals surface area contributed by atoms with Gasteiger partial charge in [-0.05, 0) is 32.0 Å². The second-order valence-electron chi connectivity index (χ2n) is 5.25. The van der Waals surface area contributed by atoms with Crippen molar-refractivity contribution in [2.24, 2.45) is 5.73 Å². The molecule has 21 heavy (non-hydrogen) atoms. The van der Waals surface area contributed by atoms with Gasteiger partial charge in [0.05, 0.1) is 15.5 Å². The summed E-state index contributed by atoms with van der Waals surface area (Å²) in [6.07, 6.45) is 0. The summed E-state index contributed by atoms with van der Waals surface area (Å²) in [5.74, 6) is 0. The maximum absolute atomic E-state index is 12.6. The number of benzene rings is 1. The molecule has 0 aliphatic heterocycles. The van der Waals surface area contributed by atoms with Gasteiger partial charge >= 0.3 is 0 Å². The van der Waals surface area contributed by atoms with Crippen LogP contribution >= 0.6 is 23.8 Å². The summed E-state index contributed by atoms with van der Waals surface area (Å²) in [6, 6.07) is 4.20. The van der Waals surface area contributed by atoms with Crippen molar-refractivity contribution in [3.63, 3.8) is 0 Å². The smallest absolute Gasteiger partial charge is 0.243 e. The van der Waals surface area contributed by atoms with Crippen LogP contribution in [-0.2, 0) is 10.0 Å². The van der Waals surface area contributed by atoms with Crippen LogP contribution in [0.5, 0.6) is 0 Å². The van der Waals surface area contributed by atoms with Gasteiger partial charge in [0.15, 0.2) is 0 Å². The van der Waals surface area contributed by atoms with E-state index in [0.29, 0.717) is 5.56 Å². The Hall–Kier alpha value is -0.730. The minimum absolute atomic E-state index is 0.0134. The summed E-state index contributed by atoms with van der Waals surface area (Å²) in [7, 11) is -3.74. The molecule has 0 unspecified atom stereocenters. The van der Waals surface area contributed by atoms with E-state index in [9.17, 15) is 13.5 Å². The second kappa shape index (κ2) is 6.58. The van der Waals surface area contributed by atoms with Crippen molar-refractivity contribution in [3.05, 3.63) is 28.8 Å². The van der Waals surface area contributed by atoms with Gasteiger partial charge in [0.25, 0.3) is 0 Å². The Balaban J connectivity index is 3.23. The van der Waals surface area contributed by atoms with Crippen molar-refractivity contribution in [1.82, 2.24) is 4.31 Å². The molecule has 1 aromatic rings. The van der Waals surface area contributed by atoms with Crippen LogP contribution in [0.25, 0.3) is 0 Å². The van der Waals surface area contributed by atoms with Gasteiger partial charge in [0.1, 0.15) is 4.99 Å². The van der Waals surface area contributed by atoms with Crippen molar-refractivity contribution in [1.29, 1.82) is 0 Å². The van der Waals surface area contributed by atoms with Crippen molar-refractivity contribution < 1.29 is 13.5 Å². The molecule has 0 atom stereocenters. The first kappa shape index (κ1) is 18.3. The average molecular weight is 351 g/mol. The molecule has 0 aliphatic rings. The summed E-state index contributed by atoms with van der Waals surface area (Å²) >= 11 is 10.8. The summed E-state index contributed by atoms with van der Waals surface area (Å²) in [5, 5.41) is 10.0. The zero-order valence-corrected chi connectivity index (χ0v) is 14.5. The largest absolute Gasteiger partial charge is 0.389 e. The first-order valence-electron chi connectivity index (χ1n) is 6.31. The Kier molecular flexibility index (Phi) is 5.74. The Bertz CT molecular complexity index is 639. The molecular formula is C13H19ClN2O3S2. The van der Waals surface area contributed by atoms with Gasteiger partial charge in [-0.25, -0.2) is 8.42 Å². The lowest BCUT2D eigenvalue weighted by Gasteiger charge is -2.27. The molecule has 5 nitrogen and oxygen atoms in total. The van der Waals surface area contributed by atoms with E-state index in [0.717, 1.165) is 0 Å². The van der Waals surface area contributed by atoms with E-state index >= 15 is 0 Å². The topological polar surface area (TPSA) is 83.6 Å². The molecule has 0 saturated carbocycles. The number of thiocarbonyl (C=S) groups is 1. The van der Waals surface area contributed by atoms with Gasteiger partial charge in [-0.15, -0.1) is 0 Å². The van der Waals surface area contributed by atoms with Gasteiger partial charge in [0, 0.05) is 18.7 Å². The monoisotopic (exact) mass is 350 g/mol. The van der Waals surface area contributed by atoms with Crippen LogP contribution in [0.1, 0.15) is 26.3 Å². The number of hydrogen-bond donors (Lipinski definition) is 2. The predicted molar refractivity (Wildman–Crippen MR) is 88.1 cm³/mol. The molecule has 118 valence electrons. The van der Waals surface area contributed by atoms with Crippen molar-refractivity contribution in [2.45, 2.75) is 31.3 Å². The highest BCUT2D eigenvalue weighted by molar-refractivity contribution is 7.89. The second-order valence-corrected chi connectivity index (χ2v) is 8.03. The summed E-state index contributed by atoms with van der Waals surface area (Å²) < 4.78 is 26.3. The first-order chi connectivity index (χ1) is 9.49. The number of aliphatic hydroxyl groups is 1. The molecular weight excluding hydrogens is 332 g/mol. The molecule has 1 rings (SSSR count). The number of halogens is 1. The van der Waals surface area contributed by atoms with Gasteiger partial charge in [0.2, 0.25) is 10.0 Å². The van der Waals surface area contributed by atoms with E-state index in [2.05, 4.69) is 0 Å². The van der Waals surface area contributed by atoms with Crippen LogP contribution in [0.2, 0.25) is 5.02 Å². The lowest BCUT2D eigenvalue weighted by atomic mass is 10.1. The lowest BCUT2D eigenvalue weighted by Crippen LogP contribution is -2.42. The number of sulfonamides is 1. The number of nitrogens with two attached hydrogens (primary N) is 1. The normalized spacial score (nSPS) is 12.7. The third-order valence-electron chi connectivity index (χ3n) is 2.76. The first-order valence-corrected chi connectivity index (χ1v) is 8.53. The zero-order chi connectivity index (χ0) is 16.4. The third-order valence-corrected chi connectivity index (χ3v) is 5.21. The fraction of sp³-hybridized carbons (Fsp3) is 0.462. The molecule has 3 N–H and O–H groups in total. The zero-order valence-electron chi connectivity index (χ0n) is 12.1. The third kappa shape index (κ3) is 4.62. The maximum atomic E-state index is 12.6. The molecule has 8 heteroatoms. The summed E-state index contributed by atoms with van der Waals surface area (Å²) in [5.41, 5.74) is 4.79. The Morgan fingerprint density at radius 1 is 1.48 bits per heavy atom. The van der Waals surface area contributed by atoms with E-state index in [1.807, 2.05) is 0 Å². The van der Waals surface area contributed by atoms with Crippen molar-refractivity contribution >= 4 is 38.8 Å². The van der Waals surface area contributed by atoms with Crippen LogP contribution in [0.15, 0.2) is 23.1 Å². The van der Waals surface area contributed by atoms with Crippen molar-refractivity contribution in [3.8, 4) is 0 Å². The minimum atomic E-state index is -3.74. The SMILES string of the molecule is CCN(CC(C)(C)O)S(=O)(=O)c1ccc(C(N)=S)c(Cl)c1. The highest BCUT2D eigenvalue weighted by atomic mass is 35.5. The highest BCUT2D eigenvalue weighted by Gasteiger charge is 2.28. The molecule has 0 aromatic heterocycles. The average Bonchev–Trinajstić information content (AvgIpc) is 2.34. The Morgan fingerprint density at radius 3 is 2.43 bits per heavy atom. The fourth-order valence-corrected chi connectivity index (χ4v) is 4.02. The van der Waals surface area contributed by atoms with E-state index in [-0.39, 0.29) is 28.0 Å². The van der Waals surface area contributed by atoms with Crippen LogP contribution in [-0.4, -0.2) is 41.5 Å². The van der Waals surface area contributed by atoms with Crippen LogP contribution < -0.4 is 5.73 Å². The maximum Gasteiger partial charge on any atom is 0.243 e. The van der Waals surface area contributed by atoms with Crippen molar-refractivity contribution in [2.75, 3.05) is 13.1 Å². The van der Waals surface area contributed by atoms with Gasteiger partial charge in [-0.3, -0.25) is 0 Å². The van der Waals surface area contributed by atoms with Crippen LogP contribution in [0.3, 0.4) is 0 Å². The minimum Gasteiger partial charge on any atom is -0.389 e. The molecule has 0 heterocycles. The Morgan fingerprint density at radius 2 is 2.05 bits per heavy atom. The molecule has 0 saturated heterocycles. The molecule has 0 bridgehead atoms. The van der Waals surface area contributed by atoms with Gasteiger partial charge < -0.3 is 10.8 Å². The fourth-order valence-electron chi connectivity index (χ4n) is 1.80. The molecule has 0 fully saturated rings. The summed E-state index contributed by atoms with van der Waals surface area (Å²) in [4.78, 5) is 0.145. The number of rotatable bonds is 6. The molecule has 0 radical (unpaired) electrons. The molecule has 1 aromatic carbocycles.